The second kappa shape index (κ2) is 9.03. The van der Waals surface area contributed by atoms with Gasteiger partial charge >= 0.3 is 0 Å². The standard InChI is InChI=1S/C25H32N2P2/c1-24(2,3)29(22-15-9-11-17-27-22)21-14-7-6-13-20(21)23(28)25(4,5)18-19-12-8-10-16-26-19/h6-17,23H,18,28H2,1-5H3. The van der Waals surface area contributed by atoms with E-state index in [1.54, 1.807) is 0 Å². The maximum Gasteiger partial charge on any atom is 0.0681 e. The van der Waals surface area contributed by atoms with Crippen molar-refractivity contribution in [1.29, 1.82) is 0 Å². The minimum Gasteiger partial charge on any atom is -0.261 e. The van der Waals surface area contributed by atoms with Gasteiger partial charge in [-0.3, -0.25) is 9.97 Å². The molecule has 0 fully saturated rings. The molecular weight excluding hydrogens is 390 g/mol. The molecule has 3 unspecified atom stereocenters. The number of hydrogen-bond acceptors (Lipinski definition) is 2. The summed E-state index contributed by atoms with van der Waals surface area (Å²) in [7, 11) is 2.54. The van der Waals surface area contributed by atoms with Crippen LogP contribution in [0.4, 0.5) is 0 Å². The SMILES string of the molecule is CC(C)(Cc1ccccn1)C(P)c1ccccc1P(c1ccccn1)C(C)(C)C. The first kappa shape index (κ1) is 22.1. The smallest absolute Gasteiger partial charge is 0.0681 e. The van der Waals surface area contributed by atoms with Crippen molar-refractivity contribution in [3.8, 4) is 0 Å². The topological polar surface area (TPSA) is 25.8 Å². The molecule has 3 aromatic rings. The molecule has 0 saturated carbocycles. The second-order valence-electron chi connectivity index (χ2n) is 9.22. The van der Waals surface area contributed by atoms with E-state index in [-0.39, 0.29) is 10.6 Å². The van der Waals surface area contributed by atoms with Gasteiger partial charge in [-0.05, 0) is 60.0 Å². The number of nitrogens with zero attached hydrogens (tertiary/aromatic N) is 2. The van der Waals surface area contributed by atoms with Crippen molar-refractivity contribution in [3.05, 3.63) is 84.3 Å². The van der Waals surface area contributed by atoms with Crippen molar-refractivity contribution in [2.45, 2.75) is 51.9 Å². The van der Waals surface area contributed by atoms with Crippen LogP contribution in [-0.4, -0.2) is 15.1 Å². The summed E-state index contributed by atoms with van der Waals surface area (Å²) in [6.07, 6.45) is 4.74. The molecule has 2 aromatic heterocycles. The molecule has 3 rings (SSSR count). The van der Waals surface area contributed by atoms with E-state index in [4.69, 9.17) is 4.98 Å². The highest BCUT2D eigenvalue weighted by Gasteiger charge is 2.35. The maximum atomic E-state index is 4.76. The lowest BCUT2D eigenvalue weighted by atomic mass is 9.80. The minimum absolute atomic E-state index is 0.0537. The third kappa shape index (κ3) is 5.30. The lowest BCUT2D eigenvalue weighted by molar-refractivity contribution is 0.349. The highest BCUT2D eigenvalue weighted by Crippen LogP contribution is 2.51. The molecule has 1 aromatic carbocycles. The van der Waals surface area contributed by atoms with Gasteiger partial charge < -0.3 is 0 Å². The molecule has 0 amide bonds. The van der Waals surface area contributed by atoms with Gasteiger partial charge in [0.15, 0.2) is 0 Å². The number of aromatic nitrogens is 2. The quantitative estimate of drug-likeness (QED) is 0.463. The second-order valence-corrected chi connectivity index (χ2v) is 12.8. The van der Waals surface area contributed by atoms with Crippen LogP contribution in [0.15, 0.2) is 73.1 Å². The van der Waals surface area contributed by atoms with E-state index in [0.717, 1.165) is 12.1 Å². The molecule has 0 aliphatic rings. The number of rotatable bonds is 6. The summed E-state index contributed by atoms with van der Waals surface area (Å²) < 4.78 is 0. The zero-order valence-electron chi connectivity index (χ0n) is 18.1. The van der Waals surface area contributed by atoms with Gasteiger partial charge in [0.2, 0.25) is 0 Å². The molecule has 4 heteroatoms. The molecule has 0 radical (unpaired) electrons. The maximum absolute atomic E-state index is 4.76. The van der Waals surface area contributed by atoms with Gasteiger partial charge in [-0.25, -0.2) is 0 Å². The molecule has 0 aliphatic heterocycles. The van der Waals surface area contributed by atoms with E-state index in [1.807, 2.05) is 24.5 Å². The van der Waals surface area contributed by atoms with E-state index in [0.29, 0.717) is 5.66 Å². The molecule has 0 N–H and O–H groups in total. The fourth-order valence-corrected chi connectivity index (χ4v) is 7.10. The van der Waals surface area contributed by atoms with Crippen molar-refractivity contribution in [2.24, 2.45) is 5.41 Å². The van der Waals surface area contributed by atoms with E-state index in [9.17, 15) is 0 Å². The van der Waals surface area contributed by atoms with Crippen LogP contribution in [0.25, 0.3) is 0 Å². The molecule has 0 aliphatic carbocycles. The summed E-state index contributed by atoms with van der Waals surface area (Å²) in [6, 6.07) is 21.4. The van der Waals surface area contributed by atoms with Gasteiger partial charge in [-0.1, -0.05) is 71.0 Å². The van der Waals surface area contributed by atoms with Crippen LogP contribution >= 0.6 is 17.2 Å². The van der Waals surface area contributed by atoms with Gasteiger partial charge in [0, 0.05) is 23.7 Å². The third-order valence-corrected chi connectivity index (χ3v) is 9.48. The van der Waals surface area contributed by atoms with Crippen LogP contribution in [0, 0.1) is 5.41 Å². The van der Waals surface area contributed by atoms with Gasteiger partial charge in [0.05, 0.1) is 5.44 Å². The first-order chi connectivity index (χ1) is 13.7. The summed E-state index contributed by atoms with van der Waals surface area (Å²) in [5.74, 6) is 0. The molecular formula is C25H32N2P2. The Morgan fingerprint density at radius 3 is 2.03 bits per heavy atom. The first-order valence-corrected chi connectivity index (χ1v) is 12.2. The lowest BCUT2D eigenvalue weighted by Gasteiger charge is -2.37. The summed E-state index contributed by atoms with van der Waals surface area (Å²) >= 11 is 0. The van der Waals surface area contributed by atoms with Crippen molar-refractivity contribution in [1.82, 2.24) is 9.97 Å². The van der Waals surface area contributed by atoms with E-state index in [1.165, 1.54) is 16.3 Å². The molecule has 3 atom stereocenters. The fraction of sp³-hybridized carbons (Fsp3) is 0.360. The summed E-state index contributed by atoms with van der Waals surface area (Å²) in [4.78, 5) is 9.33. The molecule has 152 valence electrons. The van der Waals surface area contributed by atoms with Crippen LogP contribution in [0.5, 0.6) is 0 Å². The van der Waals surface area contributed by atoms with Crippen LogP contribution < -0.4 is 10.7 Å². The Hall–Kier alpha value is -1.62. The van der Waals surface area contributed by atoms with Crippen molar-refractivity contribution >= 4 is 27.9 Å². The fourth-order valence-electron chi connectivity index (χ4n) is 3.77. The number of pyridine rings is 2. The summed E-state index contributed by atoms with van der Waals surface area (Å²) in [5.41, 5.74) is 4.12. The Kier molecular flexibility index (Phi) is 6.87. The third-order valence-electron chi connectivity index (χ3n) is 5.27. The molecule has 29 heavy (non-hydrogen) atoms. The van der Waals surface area contributed by atoms with Crippen LogP contribution in [-0.2, 0) is 6.42 Å². The largest absolute Gasteiger partial charge is 0.261 e. The van der Waals surface area contributed by atoms with Gasteiger partial charge in [0.25, 0.3) is 0 Å². The van der Waals surface area contributed by atoms with Gasteiger partial charge in [-0.2, -0.15) is 0 Å². The van der Waals surface area contributed by atoms with E-state index < -0.39 is 7.92 Å². The van der Waals surface area contributed by atoms with Crippen molar-refractivity contribution in [2.75, 3.05) is 0 Å². The monoisotopic (exact) mass is 422 g/mol. The predicted octanol–water partition coefficient (Wildman–Crippen LogP) is 5.89. The molecule has 0 bridgehead atoms. The zero-order chi connectivity index (χ0) is 21.1. The number of hydrogen-bond donors (Lipinski definition) is 0. The van der Waals surface area contributed by atoms with Crippen LogP contribution in [0.3, 0.4) is 0 Å². The van der Waals surface area contributed by atoms with Crippen LogP contribution in [0.2, 0.25) is 0 Å². The molecule has 2 heterocycles. The average molecular weight is 422 g/mol. The normalized spacial score (nSPS) is 14.4. The molecule has 0 spiro atoms. The lowest BCUT2D eigenvalue weighted by Crippen LogP contribution is -2.32. The zero-order valence-corrected chi connectivity index (χ0v) is 20.2. The van der Waals surface area contributed by atoms with Gasteiger partial charge in [-0.15, -0.1) is 9.24 Å². The van der Waals surface area contributed by atoms with Crippen molar-refractivity contribution in [3.63, 3.8) is 0 Å². The highest BCUT2D eigenvalue weighted by molar-refractivity contribution is 7.74. The molecule has 0 saturated heterocycles. The Bertz CT molecular complexity index is 918. The Morgan fingerprint density at radius 2 is 1.45 bits per heavy atom. The summed E-state index contributed by atoms with van der Waals surface area (Å²) in [5, 5.41) is 1.55. The first-order valence-electron chi connectivity index (χ1n) is 10.2. The number of benzene rings is 1. The summed E-state index contributed by atoms with van der Waals surface area (Å²) in [6.45, 7) is 11.7. The Morgan fingerprint density at radius 1 is 0.828 bits per heavy atom. The predicted molar refractivity (Wildman–Crippen MR) is 131 cm³/mol. The average Bonchev–Trinajstić information content (AvgIpc) is 2.68. The minimum atomic E-state index is -0.592. The Balaban J connectivity index is 2.03. The highest BCUT2D eigenvalue weighted by atomic mass is 31.1. The Labute approximate surface area is 179 Å². The van der Waals surface area contributed by atoms with Crippen molar-refractivity contribution < 1.29 is 0 Å². The van der Waals surface area contributed by atoms with Crippen LogP contribution in [0.1, 0.15) is 51.5 Å². The van der Waals surface area contributed by atoms with Gasteiger partial charge in [0.1, 0.15) is 0 Å². The van der Waals surface area contributed by atoms with E-state index >= 15 is 0 Å². The van der Waals surface area contributed by atoms with E-state index in [2.05, 4.69) is 97.4 Å². The molecule has 2 nitrogen and oxygen atoms in total.